The van der Waals surface area contributed by atoms with Crippen molar-refractivity contribution in [1.82, 2.24) is 20.1 Å². The van der Waals surface area contributed by atoms with Crippen molar-refractivity contribution in [2.24, 2.45) is 5.92 Å². The number of amides is 2. The van der Waals surface area contributed by atoms with Crippen LogP contribution in [0.1, 0.15) is 26.3 Å². The van der Waals surface area contributed by atoms with Crippen molar-refractivity contribution < 1.29 is 22.8 Å². The molecule has 2 heterocycles. The molecule has 3 N–H and O–H groups in total. The van der Waals surface area contributed by atoms with Crippen LogP contribution >= 0.6 is 0 Å². The van der Waals surface area contributed by atoms with Gasteiger partial charge in [0.15, 0.2) is 0 Å². The van der Waals surface area contributed by atoms with E-state index in [2.05, 4.69) is 20.7 Å². The van der Waals surface area contributed by atoms with Crippen LogP contribution in [0.15, 0.2) is 61.1 Å². The fraction of sp³-hybridized carbons (Fsp3) is 0.240. The van der Waals surface area contributed by atoms with Crippen molar-refractivity contribution in [3.05, 3.63) is 66.6 Å². The van der Waals surface area contributed by atoms with Crippen LogP contribution in [0, 0.1) is 5.92 Å². The Labute approximate surface area is 199 Å². The van der Waals surface area contributed by atoms with Crippen LogP contribution in [0.2, 0.25) is 0 Å². The monoisotopic (exact) mass is 483 g/mol. The van der Waals surface area contributed by atoms with Crippen molar-refractivity contribution in [2.45, 2.75) is 33.0 Å². The number of aromatic nitrogens is 3. The van der Waals surface area contributed by atoms with Crippen molar-refractivity contribution in [2.75, 3.05) is 5.32 Å². The van der Waals surface area contributed by atoms with E-state index < -0.39 is 17.8 Å². The van der Waals surface area contributed by atoms with E-state index in [-0.39, 0.29) is 17.7 Å². The summed E-state index contributed by atoms with van der Waals surface area (Å²) in [6.07, 6.45) is 0.628. The van der Waals surface area contributed by atoms with E-state index in [9.17, 15) is 22.8 Å². The summed E-state index contributed by atoms with van der Waals surface area (Å²) < 4.78 is 40.0. The maximum atomic E-state index is 12.8. The van der Waals surface area contributed by atoms with Gasteiger partial charge in [-0.05, 0) is 47.9 Å². The molecule has 35 heavy (non-hydrogen) atoms. The molecule has 2 amide bonds. The topological polar surface area (TPSA) is 91.8 Å². The van der Waals surface area contributed by atoms with Crippen LogP contribution in [0.3, 0.4) is 0 Å². The molecule has 182 valence electrons. The highest BCUT2D eigenvalue weighted by atomic mass is 19.4. The molecular formula is C25H24F3N5O2. The lowest BCUT2D eigenvalue weighted by atomic mass is 10.0. The van der Waals surface area contributed by atoms with Gasteiger partial charge in [-0.15, -0.1) is 0 Å². The van der Waals surface area contributed by atoms with Gasteiger partial charge in [-0.25, -0.2) is 4.68 Å². The van der Waals surface area contributed by atoms with Gasteiger partial charge in [0.1, 0.15) is 6.04 Å². The maximum Gasteiger partial charge on any atom is 0.416 e. The summed E-state index contributed by atoms with van der Waals surface area (Å²) in [5, 5.41) is 10.6. The molecule has 2 aromatic heterocycles. The normalized spacial score (nSPS) is 12.7. The second-order valence-corrected chi connectivity index (χ2v) is 8.59. The number of anilines is 1. The van der Waals surface area contributed by atoms with E-state index in [1.54, 1.807) is 18.6 Å². The van der Waals surface area contributed by atoms with Crippen LogP contribution in [0.25, 0.3) is 27.7 Å². The zero-order valence-electron chi connectivity index (χ0n) is 19.3. The van der Waals surface area contributed by atoms with E-state index in [1.165, 1.54) is 23.7 Å². The van der Waals surface area contributed by atoms with Gasteiger partial charge in [0, 0.05) is 35.8 Å². The summed E-state index contributed by atoms with van der Waals surface area (Å²) in [6.45, 7) is 5.06. The predicted molar refractivity (Wildman–Crippen MR) is 127 cm³/mol. The number of nitrogens with one attached hydrogen (secondary N) is 3. The Kier molecular flexibility index (Phi) is 6.38. The largest absolute Gasteiger partial charge is 0.416 e. The number of H-pyrrole nitrogens is 1. The highest BCUT2D eigenvalue weighted by molar-refractivity contribution is 6.05. The molecule has 0 aliphatic carbocycles. The van der Waals surface area contributed by atoms with E-state index in [0.717, 1.165) is 34.2 Å². The van der Waals surface area contributed by atoms with Gasteiger partial charge in [0.2, 0.25) is 11.8 Å². The molecule has 0 aliphatic rings. The van der Waals surface area contributed by atoms with E-state index in [0.29, 0.717) is 11.4 Å². The second-order valence-electron chi connectivity index (χ2n) is 8.59. The summed E-state index contributed by atoms with van der Waals surface area (Å²) >= 11 is 0. The smallest absolute Gasteiger partial charge is 0.359 e. The molecule has 1 unspecified atom stereocenters. The fourth-order valence-electron chi connectivity index (χ4n) is 3.78. The van der Waals surface area contributed by atoms with Crippen molar-refractivity contribution >= 4 is 28.4 Å². The third-order valence-electron chi connectivity index (χ3n) is 5.62. The molecule has 0 bridgehead atoms. The molecule has 0 aliphatic heterocycles. The lowest BCUT2D eigenvalue weighted by Gasteiger charge is -2.20. The molecule has 0 radical (unpaired) electrons. The van der Waals surface area contributed by atoms with Crippen molar-refractivity contribution in [3.8, 4) is 16.8 Å². The molecule has 4 aromatic rings. The SMILES string of the molecule is CC(=O)NC(C(=O)Nc1c[nH]c2ccc(-c3cnn(-c4ccc(C(F)(F)F)cc4)c3)cc12)C(C)C. The van der Waals surface area contributed by atoms with Gasteiger partial charge < -0.3 is 15.6 Å². The number of rotatable bonds is 6. The third-order valence-corrected chi connectivity index (χ3v) is 5.62. The summed E-state index contributed by atoms with van der Waals surface area (Å²) in [5.41, 5.74) is 2.71. The lowest BCUT2D eigenvalue weighted by molar-refractivity contribution is -0.137. The zero-order valence-corrected chi connectivity index (χ0v) is 19.3. The highest BCUT2D eigenvalue weighted by Gasteiger charge is 2.30. The number of carbonyl (C=O) groups excluding carboxylic acids is 2. The Morgan fingerprint density at radius 1 is 1.06 bits per heavy atom. The van der Waals surface area contributed by atoms with E-state index >= 15 is 0 Å². The molecule has 0 saturated carbocycles. The lowest BCUT2D eigenvalue weighted by Crippen LogP contribution is -2.46. The minimum atomic E-state index is -4.40. The van der Waals surface area contributed by atoms with Crippen molar-refractivity contribution in [1.29, 1.82) is 0 Å². The quantitative estimate of drug-likeness (QED) is 0.355. The zero-order chi connectivity index (χ0) is 25.3. The second kappa shape index (κ2) is 9.28. The average molecular weight is 483 g/mol. The van der Waals surface area contributed by atoms with Gasteiger partial charge in [0.05, 0.1) is 23.1 Å². The predicted octanol–water partition coefficient (Wildman–Crippen LogP) is 5.14. The first-order valence-electron chi connectivity index (χ1n) is 10.9. The van der Waals surface area contributed by atoms with Gasteiger partial charge >= 0.3 is 6.18 Å². The molecule has 0 spiro atoms. The van der Waals surface area contributed by atoms with E-state index in [1.807, 2.05) is 32.0 Å². The van der Waals surface area contributed by atoms with Crippen molar-refractivity contribution in [3.63, 3.8) is 0 Å². The molecule has 0 fully saturated rings. The number of nitrogens with zero attached hydrogens (tertiary/aromatic N) is 2. The molecule has 7 nitrogen and oxygen atoms in total. The van der Waals surface area contributed by atoms with Crippen LogP contribution in [0.4, 0.5) is 18.9 Å². The molecule has 0 saturated heterocycles. The first-order chi connectivity index (χ1) is 16.5. The summed E-state index contributed by atoms with van der Waals surface area (Å²) in [5.74, 6) is -0.711. The molecule has 10 heteroatoms. The number of benzene rings is 2. The van der Waals surface area contributed by atoms with E-state index in [4.69, 9.17) is 0 Å². The Morgan fingerprint density at radius 2 is 1.77 bits per heavy atom. The van der Waals surface area contributed by atoms with Crippen LogP contribution in [0.5, 0.6) is 0 Å². The summed E-state index contributed by atoms with van der Waals surface area (Å²) in [4.78, 5) is 27.4. The third kappa shape index (κ3) is 5.21. The van der Waals surface area contributed by atoms with Crippen LogP contribution in [-0.2, 0) is 15.8 Å². The summed E-state index contributed by atoms with van der Waals surface area (Å²) in [6, 6.07) is 9.72. The van der Waals surface area contributed by atoms with Gasteiger partial charge in [-0.3, -0.25) is 9.59 Å². The Bertz CT molecular complexity index is 1370. The number of carbonyl (C=O) groups is 2. The first-order valence-corrected chi connectivity index (χ1v) is 10.9. The minimum Gasteiger partial charge on any atom is -0.359 e. The first kappa shape index (κ1) is 24.1. The molecular weight excluding hydrogens is 459 g/mol. The molecule has 2 aromatic carbocycles. The Balaban J connectivity index is 1.59. The van der Waals surface area contributed by atoms with Crippen LogP contribution < -0.4 is 10.6 Å². The number of hydrogen-bond acceptors (Lipinski definition) is 3. The Hall–Kier alpha value is -4.08. The summed E-state index contributed by atoms with van der Waals surface area (Å²) in [7, 11) is 0. The Morgan fingerprint density at radius 3 is 2.40 bits per heavy atom. The average Bonchev–Trinajstić information content (AvgIpc) is 3.44. The fourth-order valence-corrected chi connectivity index (χ4v) is 3.78. The van der Waals surface area contributed by atoms with Gasteiger partial charge in [-0.1, -0.05) is 19.9 Å². The maximum absolute atomic E-state index is 12.8. The number of fused-ring (bicyclic) bond motifs is 1. The number of aromatic amines is 1. The molecule has 4 rings (SSSR count). The standard InChI is InChI=1S/C25H24F3N5O2/c1-14(2)23(31-15(3)34)24(35)32-22-12-29-21-9-4-16(10-20(21)22)17-11-30-33(13-17)19-7-5-18(6-8-19)25(26,27)28/h4-14,23,29H,1-3H3,(H,31,34)(H,32,35). The number of alkyl halides is 3. The minimum absolute atomic E-state index is 0.101. The molecule has 1 atom stereocenters. The van der Waals surface area contributed by atoms with Gasteiger partial charge in [0.25, 0.3) is 0 Å². The number of halogens is 3. The van der Waals surface area contributed by atoms with Gasteiger partial charge in [-0.2, -0.15) is 18.3 Å². The highest BCUT2D eigenvalue weighted by Crippen LogP contribution is 2.31. The van der Waals surface area contributed by atoms with Crippen LogP contribution in [-0.4, -0.2) is 32.6 Å². The number of hydrogen-bond donors (Lipinski definition) is 3.